The molecule has 0 aliphatic rings. The molecule has 0 saturated carbocycles. The normalized spacial score (nSPS) is 12.5. The highest BCUT2D eigenvalue weighted by Crippen LogP contribution is 2.30. The molecule has 0 amide bonds. The molecule has 3 aromatic rings. The van der Waals surface area contributed by atoms with Gasteiger partial charge in [-0.15, -0.1) is 0 Å². The first-order valence-electron chi connectivity index (χ1n) is 9.81. The van der Waals surface area contributed by atoms with Crippen molar-refractivity contribution in [3.63, 3.8) is 0 Å². The number of ether oxygens (including phenoxy) is 1. The maximum Gasteiger partial charge on any atom is 0.133 e. The van der Waals surface area contributed by atoms with Gasteiger partial charge in [0.15, 0.2) is 0 Å². The summed E-state index contributed by atoms with van der Waals surface area (Å²) >= 11 is 0. The Kier molecular flexibility index (Phi) is 5.69. The molecule has 0 aliphatic carbocycles. The van der Waals surface area contributed by atoms with E-state index in [2.05, 4.69) is 75.4 Å². The highest BCUT2D eigenvalue weighted by atomic mass is 16.5. The van der Waals surface area contributed by atoms with Gasteiger partial charge in [0.2, 0.25) is 0 Å². The first-order chi connectivity index (χ1) is 12.9. The minimum atomic E-state index is 0.296. The molecule has 0 radical (unpaired) electrons. The zero-order chi connectivity index (χ0) is 19.6. The van der Waals surface area contributed by atoms with Crippen LogP contribution in [-0.4, -0.2) is 9.78 Å². The van der Waals surface area contributed by atoms with E-state index < -0.39 is 0 Å². The molecule has 0 aliphatic heterocycles. The molecule has 1 aromatic heterocycles. The number of aromatic nitrogens is 2. The summed E-state index contributed by atoms with van der Waals surface area (Å²) in [4.78, 5) is 0. The lowest BCUT2D eigenvalue weighted by Gasteiger charge is -2.15. The summed E-state index contributed by atoms with van der Waals surface area (Å²) in [6.45, 7) is 15.3. The van der Waals surface area contributed by atoms with Gasteiger partial charge in [0.05, 0.1) is 5.52 Å². The molecule has 3 heteroatoms. The number of allylic oxidation sites excluding steroid dienone is 1. The van der Waals surface area contributed by atoms with Gasteiger partial charge in [-0.3, -0.25) is 4.68 Å². The second kappa shape index (κ2) is 7.99. The van der Waals surface area contributed by atoms with Crippen LogP contribution in [0.5, 0.6) is 5.75 Å². The summed E-state index contributed by atoms with van der Waals surface area (Å²) in [6, 6.07) is 15.1. The van der Waals surface area contributed by atoms with Gasteiger partial charge in [-0.05, 0) is 62.4 Å². The van der Waals surface area contributed by atoms with Crippen molar-refractivity contribution in [3.8, 4) is 5.75 Å². The third kappa shape index (κ3) is 3.92. The van der Waals surface area contributed by atoms with Crippen LogP contribution >= 0.6 is 0 Å². The van der Waals surface area contributed by atoms with Crippen LogP contribution in [-0.2, 0) is 6.61 Å². The van der Waals surface area contributed by atoms with Crippen LogP contribution in [0.15, 0.2) is 49.0 Å². The minimum Gasteiger partial charge on any atom is -0.487 e. The lowest BCUT2D eigenvalue weighted by Crippen LogP contribution is -2.05. The average Bonchev–Trinajstić information content (AvgIpc) is 3.04. The van der Waals surface area contributed by atoms with Crippen molar-refractivity contribution < 1.29 is 4.74 Å². The first kappa shape index (κ1) is 19.2. The monoisotopic (exact) mass is 362 g/mol. The second-order valence-electron chi connectivity index (χ2n) is 7.63. The molecule has 0 N–H and O–H groups in total. The van der Waals surface area contributed by atoms with Gasteiger partial charge in [0.25, 0.3) is 0 Å². The number of nitrogens with zero attached hydrogens (tertiary/aromatic N) is 2. The van der Waals surface area contributed by atoms with Crippen molar-refractivity contribution in [2.75, 3.05) is 0 Å². The fraction of sp³-hybridized carbons (Fsp3) is 0.375. The molecule has 0 bridgehead atoms. The van der Waals surface area contributed by atoms with Crippen LogP contribution in [0, 0.1) is 0 Å². The molecule has 0 fully saturated rings. The van der Waals surface area contributed by atoms with E-state index in [1.165, 1.54) is 5.56 Å². The Labute approximate surface area is 162 Å². The summed E-state index contributed by atoms with van der Waals surface area (Å²) in [5.41, 5.74) is 5.58. The van der Waals surface area contributed by atoms with Crippen LogP contribution in [0.25, 0.3) is 16.5 Å². The van der Waals surface area contributed by atoms with Gasteiger partial charge < -0.3 is 4.74 Å². The Morgan fingerprint density at radius 1 is 1.15 bits per heavy atom. The van der Waals surface area contributed by atoms with E-state index >= 15 is 0 Å². The predicted molar refractivity (Wildman–Crippen MR) is 114 cm³/mol. The zero-order valence-corrected chi connectivity index (χ0v) is 17.1. The molecule has 1 unspecified atom stereocenters. The van der Waals surface area contributed by atoms with Crippen LogP contribution in [0.3, 0.4) is 0 Å². The van der Waals surface area contributed by atoms with Crippen LogP contribution in [0.1, 0.15) is 69.8 Å². The van der Waals surface area contributed by atoms with Gasteiger partial charge in [0.1, 0.15) is 18.1 Å². The number of rotatable bonds is 7. The smallest absolute Gasteiger partial charge is 0.133 e. The third-order valence-electron chi connectivity index (χ3n) is 5.19. The Hall–Kier alpha value is -2.55. The molecule has 2 aromatic carbocycles. The highest BCUT2D eigenvalue weighted by Gasteiger charge is 2.15. The Morgan fingerprint density at radius 3 is 2.56 bits per heavy atom. The Bertz CT molecular complexity index is 952. The van der Waals surface area contributed by atoms with E-state index in [4.69, 9.17) is 9.84 Å². The van der Waals surface area contributed by atoms with Gasteiger partial charge in [-0.2, -0.15) is 5.10 Å². The molecule has 3 nitrogen and oxygen atoms in total. The molecule has 0 saturated heterocycles. The average molecular weight is 363 g/mol. The van der Waals surface area contributed by atoms with Gasteiger partial charge in [-0.25, -0.2) is 0 Å². The largest absolute Gasteiger partial charge is 0.487 e. The van der Waals surface area contributed by atoms with Crippen molar-refractivity contribution in [2.45, 2.75) is 59.6 Å². The summed E-state index contributed by atoms with van der Waals surface area (Å²) < 4.78 is 8.33. The molecule has 3 rings (SSSR count). The maximum atomic E-state index is 6.25. The van der Waals surface area contributed by atoms with Gasteiger partial charge in [0, 0.05) is 11.4 Å². The predicted octanol–water partition coefficient (Wildman–Crippen LogP) is 6.74. The fourth-order valence-corrected chi connectivity index (χ4v) is 3.36. The van der Waals surface area contributed by atoms with Gasteiger partial charge >= 0.3 is 0 Å². The van der Waals surface area contributed by atoms with Crippen molar-refractivity contribution in [1.29, 1.82) is 0 Å². The van der Waals surface area contributed by atoms with Crippen molar-refractivity contribution in [3.05, 3.63) is 65.9 Å². The number of para-hydroxylation sites is 1. The summed E-state index contributed by atoms with van der Waals surface area (Å²) in [6.07, 6.45) is 1.09. The number of hydrogen-bond donors (Lipinski definition) is 0. The third-order valence-corrected chi connectivity index (χ3v) is 5.19. The standard InChI is InChI=1S/C24H30N2O/c1-7-18(6)20-10-8-9-11-24(20)27-15-22-21-14-19(16(2)3)12-13-23(21)26(25-22)17(4)5/h8-14,17-18H,2,7,15H2,1,3-6H3. The van der Waals surface area contributed by atoms with E-state index in [9.17, 15) is 0 Å². The fourth-order valence-electron chi connectivity index (χ4n) is 3.36. The van der Waals surface area contributed by atoms with Crippen LogP contribution in [0.2, 0.25) is 0 Å². The summed E-state index contributed by atoms with van der Waals surface area (Å²) in [7, 11) is 0. The number of fused-ring (bicyclic) bond motifs is 1. The van der Waals surface area contributed by atoms with Crippen LogP contribution < -0.4 is 4.74 Å². The zero-order valence-electron chi connectivity index (χ0n) is 17.1. The van der Waals surface area contributed by atoms with E-state index in [0.717, 1.165) is 39.9 Å². The molecule has 0 spiro atoms. The van der Waals surface area contributed by atoms with Crippen molar-refractivity contribution >= 4 is 16.5 Å². The quantitative estimate of drug-likeness (QED) is 0.465. The van der Waals surface area contributed by atoms with Crippen molar-refractivity contribution in [2.24, 2.45) is 0 Å². The summed E-state index contributed by atoms with van der Waals surface area (Å²) in [5.74, 6) is 1.43. The first-order valence-corrected chi connectivity index (χ1v) is 9.81. The minimum absolute atomic E-state index is 0.296. The molecule has 142 valence electrons. The van der Waals surface area contributed by atoms with E-state index in [0.29, 0.717) is 18.6 Å². The van der Waals surface area contributed by atoms with Gasteiger partial charge in [-0.1, -0.05) is 50.3 Å². The lowest BCUT2D eigenvalue weighted by molar-refractivity contribution is 0.295. The topological polar surface area (TPSA) is 27.1 Å². The van der Waals surface area contributed by atoms with E-state index in [1.807, 2.05) is 13.0 Å². The SMILES string of the molecule is C=C(C)c1ccc2c(c1)c(COc1ccccc1C(C)CC)nn2C(C)C. The lowest BCUT2D eigenvalue weighted by atomic mass is 9.98. The van der Waals surface area contributed by atoms with Crippen LogP contribution in [0.4, 0.5) is 0 Å². The van der Waals surface area contributed by atoms with E-state index in [1.54, 1.807) is 0 Å². The Balaban J connectivity index is 1.98. The molecule has 1 atom stereocenters. The van der Waals surface area contributed by atoms with Crippen molar-refractivity contribution in [1.82, 2.24) is 9.78 Å². The molecule has 1 heterocycles. The Morgan fingerprint density at radius 2 is 1.89 bits per heavy atom. The summed E-state index contributed by atoms with van der Waals surface area (Å²) in [5, 5.41) is 6.00. The number of hydrogen-bond acceptors (Lipinski definition) is 2. The maximum absolute atomic E-state index is 6.25. The molecular weight excluding hydrogens is 332 g/mol. The van der Waals surface area contributed by atoms with E-state index in [-0.39, 0.29) is 0 Å². The molecular formula is C24H30N2O. The second-order valence-corrected chi connectivity index (χ2v) is 7.63. The molecule has 27 heavy (non-hydrogen) atoms. The highest BCUT2D eigenvalue weighted by molar-refractivity contribution is 5.85. The number of benzene rings is 2.